The highest BCUT2D eigenvalue weighted by atomic mass is 19.4. The zero-order chi connectivity index (χ0) is 14.3. The summed E-state index contributed by atoms with van der Waals surface area (Å²) in [5.74, 6) is -0.987. The molecule has 0 spiro atoms. The van der Waals surface area contributed by atoms with Crippen molar-refractivity contribution in [3.05, 3.63) is 0 Å². The van der Waals surface area contributed by atoms with Crippen LogP contribution in [0.1, 0.15) is 12.8 Å². The van der Waals surface area contributed by atoms with Gasteiger partial charge in [0.2, 0.25) is 5.84 Å². The van der Waals surface area contributed by atoms with Crippen molar-refractivity contribution in [3.63, 3.8) is 0 Å². The molecule has 0 aromatic heterocycles. The highest BCUT2D eigenvalue weighted by Gasteiger charge is 2.37. The van der Waals surface area contributed by atoms with E-state index in [4.69, 9.17) is 14.2 Å². The molecule has 5 nitrogen and oxygen atoms in total. The van der Waals surface area contributed by atoms with Gasteiger partial charge in [-0.3, -0.25) is 4.99 Å². The second-order valence-corrected chi connectivity index (χ2v) is 4.12. The summed E-state index contributed by atoms with van der Waals surface area (Å²) in [6, 6.07) is -0.266. The Hall–Kier alpha value is -0.860. The van der Waals surface area contributed by atoms with Crippen LogP contribution in [-0.4, -0.2) is 58.3 Å². The number of ether oxygens (including phenoxy) is 3. The fraction of sp³-hybridized carbons (Fsp3) is 0.909. The van der Waals surface area contributed by atoms with Gasteiger partial charge in [-0.2, -0.15) is 13.2 Å². The van der Waals surface area contributed by atoms with Crippen LogP contribution in [0.25, 0.3) is 0 Å². The summed E-state index contributed by atoms with van der Waals surface area (Å²) in [7, 11) is 2.70. The van der Waals surface area contributed by atoms with Gasteiger partial charge in [-0.15, -0.1) is 0 Å². The quantitative estimate of drug-likeness (QED) is 0.470. The molecule has 19 heavy (non-hydrogen) atoms. The maximum Gasteiger partial charge on any atom is 0.448 e. The third kappa shape index (κ3) is 5.75. The number of hydrogen-bond acceptors (Lipinski definition) is 4. The number of nitrogens with zero attached hydrogens (tertiary/aromatic N) is 1. The van der Waals surface area contributed by atoms with Crippen LogP contribution in [-0.2, 0) is 14.2 Å². The molecular formula is C11H19F3N2O3. The van der Waals surface area contributed by atoms with Gasteiger partial charge in [-0.1, -0.05) is 0 Å². The predicted octanol–water partition coefficient (Wildman–Crippen LogP) is 1.33. The molecule has 0 unspecified atom stereocenters. The number of nitrogens with one attached hydrogen (secondary N) is 1. The number of amidine groups is 1. The molecular weight excluding hydrogens is 265 g/mol. The van der Waals surface area contributed by atoms with Gasteiger partial charge in [0.15, 0.2) is 6.29 Å². The topological polar surface area (TPSA) is 52.1 Å². The van der Waals surface area contributed by atoms with Gasteiger partial charge in [-0.05, 0) is 12.8 Å². The van der Waals surface area contributed by atoms with E-state index in [2.05, 4.69) is 10.3 Å². The minimum atomic E-state index is -4.51. The average molecular weight is 284 g/mol. The Bertz CT molecular complexity index is 287. The minimum Gasteiger partial charge on any atom is -0.381 e. The van der Waals surface area contributed by atoms with Crippen LogP contribution >= 0.6 is 0 Å². The number of hydrogen-bond donors (Lipinski definition) is 1. The third-order valence-corrected chi connectivity index (χ3v) is 2.75. The number of aliphatic imine (C=N–C) groups is 1. The van der Waals surface area contributed by atoms with Gasteiger partial charge in [0.1, 0.15) is 0 Å². The zero-order valence-corrected chi connectivity index (χ0v) is 11.0. The van der Waals surface area contributed by atoms with Gasteiger partial charge in [0.25, 0.3) is 0 Å². The summed E-state index contributed by atoms with van der Waals surface area (Å²) in [5, 5.41) is 2.43. The van der Waals surface area contributed by atoms with Crippen molar-refractivity contribution < 1.29 is 27.4 Å². The first-order valence-electron chi connectivity index (χ1n) is 5.99. The van der Waals surface area contributed by atoms with Crippen LogP contribution in [0.2, 0.25) is 0 Å². The highest BCUT2D eigenvalue weighted by molar-refractivity contribution is 5.87. The van der Waals surface area contributed by atoms with E-state index in [1.54, 1.807) is 0 Å². The Kier molecular flexibility index (Phi) is 6.53. The van der Waals surface area contributed by atoms with E-state index in [1.165, 1.54) is 14.2 Å². The zero-order valence-electron chi connectivity index (χ0n) is 11.0. The molecule has 1 aliphatic heterocycles. The van der Waals surface area contributed by atoms with Gasteiger partial charge < -0.3 is 19.5 Å². The Morgan fingerprint density at radius 1 is 1.32 bits per heavy atom. The number of methoxy groups -OCH3 is 2. The molecule has 0 amide bonds. The van der Waals surface area contributed by atoms with Crippen LogP contribution < -0.4 is 5.32 Å². The van der Waals surface area contributed by atoms with E-state index in [0.717, 1.165) is 0 Å². The largest absolute Gasteiger partial charge is 0.448 e. The van der Waals surface area contributed by atoms with Crippen molar-refractivity contribution in [2.75, 3.05) is 34.0 Å². The molecule has 112 valence electrons. The summed E-state index contributed by atoms with van der Waals surface area (Å²) in [5.41, 5.74) is 0. The lowest BCUT2D eigenvalue weighted by molar-refractivity contribution is -0.0950. The standard InChI is InChI=1S/C11H19F3N2O3/c1-17-9(18-2)7-15-10(11(12,13)14)16-8-3-5-19-6-4-8/h8-9H,3-7H2,1-2H3,(H,15,16). The van der Waals surface area contributed by atoms with Crippen LogP contribution in [0.3, 0.4) is 0 Å². The van der Waals surface area contributed by atoms with Crippen LogP contribution in [0.15, 0.2) is 4.99 Å². The van der Waals surface area contributed by atoms with Gasteiger partial charge in [0, 0.05) is 33.5 Å². The fourth-order valence-electron chi connectivity index (χ4n) is 1.66. The Labute approximate surface area is 110 Å². The highest BCUT2D eigenvalue weighted by Crippen LogP contribution is 2.18. The molecule has 0 aromatic carbocycles. The lowest BCUT2D eigenvalue weighted by Gasteiger charge is -2.25. The van der Waals surface area contributed by atoms with E-state index >= 15 is 0 Å². The van der Waals surface area contributed by atoms with Crippen molar-refractivity contribution in [2.24, 2.45) is 4.99 Å². The normalized spacial score (nSPS) is 18.9. The molecule has 1 heterocycles. The van der Waals surface area contributed by atoms with Crippen molar-refractivity contribution in [1.82, 2.24) is 5.32 Å². The molecule has 0 bridgehead atoms. The average Bonchev–Trinajstić information content (AvgIpc) is 2.38. The lowest BCUT2D eigenvalue weighted by atomic mass is 10.1. The van der Waals surface area contributed by atoms with Crippen molar-refractivity contribution in [2.45, 2.75) is 31.3 Å². The lowest BCUT2D eigenvalue weighted by Crippen LogP contribution is -2.46. The van der Waals surface area contributed by atoms with E-state index < -0.39 is 18.3 Å². The Morgan fingerprint density at radius 3 is 2.37 bits per heavy atom. The maximum atomic E-state index is 12.8. The first-order chi connectivity index (χ1) is 8.97. The molecule has 1 N–H and O–H groups in total. The molecule has 1 aliphatic rings. The second-order valence-electron chi connectivity index (χ2n) is 4.12. The minimum absolute atomic E-state index is 0.210. The van der Waals surface area contributed by atoms with Crippen molar-refractivity contribution in [1.29, 1.82) is 0 Å². The smallest absolute Gasteiger partial charge is 0.381 e. The third-order valence-electron chi connectivity index (χ3n) is 2.75. The van der Waals surface area contributed by atoms with E-state index in [1.807, 2.05) is 0 Å². The van der Waals surface area contributed by atoms with Crippen molar-refractivity contribution in [3.8, 4) is 0 Å². The van der Waals surface area contributed by atoms with Crippen LogP contribution in [0.4, 0.5) is 13.2 Å². The molecule has 0 radical (unpaired) electrons. The molecule has 1 rings (SSSR count). The number of halogens is 3. The molecule has 0 aromatic rings. The summed E-state index contributed by atoms with van der Waals surface area (Å²) < 4.78 is 53.2. The molecule has 0 saturated carbocycles. The molecule has 8 heteroatoms. The van der Waals surface area contributed by atoms with E-state index in [-0.39, 0.29) is 12.6 Å². The monoisotopic (exact) mass is 284 g/mol. The second kappa shape index (κ2) is 7.66. The summed E-state index contributed by atoms with van der Waals surface area (Å²) >= 11 is 0. The summed E-state index contributed by atoms with van der Waals surface area (Å²) in [6.45, 7) is 0.710. The van der Waals surface area contributed by atoms with Crippen LogP contribution in [0, 0.1) is 0 Å². The Morgan fingerprint density at radius 2 is 1.89 bits per heavy atom. The summed E-state index contributed by atoms with van der Waals surface area (Å²) in [6.07, 6.45) is -4.22. The first kappa shape index (κ1) is 16.2. The van der Waals surface area contributed by atoms with E-state index in [0.29, 0.717) is 26.1 Å². The Balaban J connectivity index is 2.63. The number of rotatable bonds is 5. The molecule has 0 atom stereocenters. The van der Waals surface area contributed by atoms with Crippen molar-refractivity contribution >= 4 is 5.84 Å². The SMILES string of the molecule is COC(CN=C(NC1CCOCC1)C(F)(F)F)OC. The predicted molar refractivity (Wildman–Crippen MR) is 63.1 cm³/mol. The van der Waals surface area contributed by atoms with Gasteiger partial charge in [-0.25, -0.2) is 0 Å². The number of alkyl halides is 3. The summed E-state index contributed by atoms with van der Waals surface area (Å²) in [4.78, 5) is 3.52. The molecule has 1 fully saturated rings. The van der Waals surface area contributed by atoms with E-state index in [9.17, 15) is 13.2 Å². The first-order valence-corrected chi connectivity index (χ1v) is 5.99. The molecule has 0 aliphatic carbocycles. The fourth-order valence-corrected chi connectivity index (χ4v) is 1.66. The molecule has 1 saturated heterocycles. The van der Waals surface area contributed by atoms with Gasteiger partial charge in [0.05, 0.1) is 6.54 Å². The maximum absolute atomic E-state index is 12.8. The van der Waals surface area contributed by atoms with Gasteiger partial charge >= 0.3 is 6.18 Å². The van der Waals surface area contributed by atoms with Crippen LogP contribution in [0.5, 0.6) is 0 Å².